The molecule has 1 saturated heterocycles. The summed E-state index contributed by atoms with van der Waals surface area (Å²) in [5.74, 6) is 0.955. The van der Waals surface area contributed by atoms with Crippen LogP contribution in [-0.4, -0.2) is 47.5 Å². The van der Waals surface area contributed by atoms with E-state index in [2.05, 4.69) is 35.8 Å². The highest BCUT2D eigenvalue weighted by Gasteiger charge is 2.31. The largest absolute Gasteiger partial charge is 0.416 e. The molecule has 3 heterocycles. The van der Waals surface area contributed by atoms with Crippen molar-refractivity contribution >= 4 is 40.1 Å². The zero-order valence-electron chi connectivity index (χ0n) is 20.1. The van der Waals surface area contributed by atoms with E-state index >= 15 is 0 Å². The Labute approximate surface area is 206 Å². The normalized spacial score (nSPS) is 14.8. The van der Waals surface area contributed by atoms with Crippen LogP contribution in [0, 0.1) is 0 Å². The third-order valence-electron chi connectivity index (χ3n) is 6.01. The fraction of sp³-hybridized carbons (Fsp3) is 0.417. The number of rotatable bonds is 8. The first-order valence-electron chi connectivity index (χ1n) is 11.8. The number of hydrogen-bond acceptors (Lipinski definition) is 8. The first-order chi connectivity index (χ1) is 17.1. The summed E-state index contributed by atoms with van der Waals surface area (Å²) in [5.41, 5.74) is 5.80. The predicted molar refractivity (Wildman–Crippen MR) is 134 cm³/mol. The first kappa shape index (κ1) is 25.4. The second kappa shape index (κ2) is 10.5. The summed E-state index contributed by atoms with van der Waals surface area (Å²) in [6, 6.07) is 4.75. The van der Waals surface area contributed by atoms with Crippen LogP contribution in [0.2, 0.25) is 0 Å². The zero-order chi connectivity index (χ0) is 25.9. The number of benzene rings is 1. The van der Waals surface area contributed by atoms with Gasteiger partial charge in [0.25, 0.3) is 0 Å². The minimum Gasteiger partial charge on any atom is -0.399 e. The van der Waals surface area contributed by atoms with Crippen molar-refractivity contribution in [1.29, 1.82) is 0 Å². The number of nitrogens with zero attached hydrogens (tertiary/aromatic N) is 4. The maximum atomic E-state index is 13.3. The maximum absolute atomic E-state index is 13.3. The molecular formula is C24H29F3N8O. The first-order valence-corrected chi connectivity index (χ1v) is 11.8. The summed E-state index contributed by atoms with van der Waals surface area (Å²) in [7, 11) is 1.74. The Bertz CT molecular complexity index is 1240. The van der Waals surface area contributed by atoms with Crippen LogP contribution in [0.4, 0.5) is 36.4 Å². The average molecular weight is 503 g/mol. The van der Waals surface area contributed by atoms with Gasteiger partial charge in [0.1, 0.15) is 11.6 Å². The Balaban J connectivity index is 1.71. The van der Waals surface area contributed by atoms with E-state index in [1.54, 1.807) is 20.2 Å². The molecule has 192 valence electrons. The van der Waals surface area contributed by atoms with Crippen LogP contribution >= 0.6 is 0 Å². The van der Waals surface area contributed by atoms with Gasteiger partial charge in [0.15, 0.2) is 0 Å². The molecule has 1 atom stereocenters. The Morgan fingerprint density at radius 2 is 1.92 bits per heavy atom. The number of alkyl halides is 3. The van der Waals surface area contributed by atoms with Gasteiger partial charge in [-0.05, 0) is 56.6 Å². The number of anilines is 4. The van der Waals surface area contributed by atoms with E-state index in [1.165, 1.54) is 6.07 Å². The van der Waals surface area contributed by atoms with Gasteiger partial charge in [0.2, 0.25) is 11.9 Å². The topological polar surface area (TPSA) is 121 Å². The van der Waals surface area contributed by atoms with Crippen LogP contribution in [0.5, 0.6) is 0 Å². The van der Waals surface area contributed by atoms with Crippen molar-refractivity contribution in [2.24, 2.45) is 0 Å². The fourth-order valence-electron chi connectivity index (χ4n) is 4.11. The van der Waals surface area contributed by atoms with Gasteiger partial charge in [-0.1, -0.05) is 0 Å². The zero-order valence-corrected chi connectivity index (χ0v) is 20.1. The number of hydrogen-bond donors (Lipinski definition) is 4. The molecule has 0 bridgehead atoms. The third-order valence-corrected chi connectivity index (χ3v) is 6.01. The van der Waals surface area contributed by atoms with Crippen LogP contribution in [0.1, 0.15) is 43.4 Å². The van der Waals surface area contributed by atoms with Crippen LogP contribution < -0.4 is 26.6 Å². The van der Waals surface area contributed by atoms with Crippen molar-refractivity contribution < 1.29 is 18.0 Å². The summed E-state index contributed by atoms with van der Waals surface area (Å²) in [6.45, 7) is 3.99. The number of nitrogen functional groups attached to an aromatic ring is 1. The number of halogens is 3. The smallest absolute Gasteiger partial charge is 0.399 e. The molecule has 0 spiro atoms. The summed E-state index contributed by atoms with van der Waals surface area (Å²) in [5, 5.41) is 9.43. The molecule has 1 fully saturated rings. The molecule has 36 heavy (non-hydrogen) atoms. The molecule has 4 rings (SSSR count). The summed E-state index contributed by atoms with van der Waals surface area (Å²) in [6.07, 6.45) is -0.523. The van der Waals surface area contributed by atoms with Gasteiger partial charge >= 0.3 is 6.18 Å². The number of carbonyl (C=O) groups is 1. The molecule has 0 radical (unpaired) electrons. The van der Waals surface area contributed by atoms with Crippen LogP contribution in [0.15, 0.2) is 30.5 Å². The second-order valence-electron chi connectivity index (χ2n) is 8.80. The summed E-state index contributed by atoms with van der Waals surface area (Å²) < 4.78 is 40.0. The van der Waals surface area contributed by atoms with Gasteiger partial charge in [-0.2, -0.15) is 18.2 Å². The molecule has 0 aliphatic carbocycles. The molecule has 1 aromatic carbocycles. The van der Waals surface area contributed by atoms with E-state index in [0.29, 0.717) is 28.8 Å². The highest BCUT2D eigenvalue weighted by molar-refractivity contribution is 5.94. The quantitative estimate of drug-likeness (QED) is 0.342. The van der Waals surface area contributed by atoms with Crippen LogP contribution in [0.25, 0.3) is 10.9 Å². The minimum absolute atomic E-state index is 0.0130. The minimum atomic E-state index is -4.52. The van der Waals surface area contributed by atoms with E-state index in [9.17, 15) is 18.0 Å². The molecule has 0 saturated carbocycles. The number of amides is 1. The van der Waals surface area contributed by atoms with Gasteiger partial charge in [0.05, 0.1) is 23.3 Å². The highest BCUT2D eigenvalue weighted by Crippen LogP contribution is 2.34. The molecule has 1 unspecified atom stereocenters. The fourth-order valence-corrected chi connectivity index (χ4v) is 4.11. The molecule has 5 N–H and O–H groups in total. The van der Waals surface area contributed by atoms with Crippen molar-refractivity contribution in [1.82, 2.24) is 20.3 Å². The lowest BCUT2D eigenvalue weighted by molar-refractivity contribution is -0.137. The maximum Gasteiger partial charge on any atom is 0.416 e. The van der Waals surface area contributed by atoms with E-state index in [0.717, 1.165) is 43.9 Å². The number of fused-ring (bicyclic) bond motifs is 1. The van der Waals surface area contributed by atoms with E-state index in [-0.39, 0.29) is 24.0 Å². The van der Waals surface area contributed by atoms with Gasteiger partial charge in [-0.15, -0.1) is 0 Å². The van der Waals surface area contributed by atoms with E-state index < -0.39 is 17.8 Å². The van der Waals surface area contributed by atoms with Gasteiger partial charge in [-0.3, -0.25) is 10.1 Å². The Kier molecular flexibility index (Phi) is 7.43. The SMILES string of the molecule is CNCCC(=O)Nc1nc(NC(C)c2cc(N)cc(C(F)(F)F)c2)c2cc(N3CCCC3)ncc2n1. The number of aromatic nitrogens is 3. The van der Waals surface area contributed by atoms with Crippen molar-refractivity contribution in [3.63, 3.8) is 0 Å². The van der Waals surface area contributed by atoms with Crippen LogP contribution in [0.3, 0.4) is 0 Å². The van der Waals surface area contributed by atoms with Crippen molar-refractivity contribution in [2.45, 2.75) is 38.4 Å². The lowest BCUT2D eigenvalue weighted by atomic mass is 10.0. The van der Waals surface area contributed by atoms with Crippen LogP contribution in [-0.2, 0) is 11.0 Å². The molecular weight excluding hydrogens is 473 g/mol. The van der Waals surface area contributed by atoms with Gasteiger partial charge in [-0.25, -0.2) is 9.97 Å². The molecule has 1 amide bonds. The standard InChI is InChI=1S/C24H29F3N8O/c1-14(15-9-16(24(25,26)27)11-17(28)10-15)31-22-18-12-20(35-7-3-4-8-35)30-13-19(18)32-23(34-22)33-21(36)5-6-29-2/h9-14,29H,3-8,28H2,1-2H3,(H2,31,32,33,34,36). The van der Waals surface area contributed by atoms with Gasteiger partial charge in [0, 0.05) is 37.1 Å². The monoisotopic (exact) mass is 502 g/mol. The lowest BCUT2D eigenvalue weighted by Gasteiger charge is -2.20. The molecule has 2 aromatic heterocycles. The molecule has 9 nitrogen and oxygen atoms in total. The number of nitrogens with two attached hydrogens (primary N) is 1. The lowest BCUT2D eigenvalue weighted by Crippen LogP contribution is -2.21. The van der Waals surface area contributed by atoms with Crippen molar-refractivity contribution in [3.8, 4) is 0 Å². The van der Waals surface area contributed by atoms with E-state index in [1.807, 2.05) is 6.07 Å². The molecule has 12 heteroatoms. The van der Waals surface area contributed by atoms with E-state index in [4.69, 9.17) is 5.73 Å². The van der Waals surface area contributed by atoms with Gasteiger partial charge < -0.3 is 21.3 Å². The predicted octanol–water partition coefficient (Wildman–Crippen LogP) is 3.95. The van der Waals surface area contributed by atoms with Crippen molar-refractivity contribution in [3.05, 3.63) is 41.6 Å². The highest BCUT2D eigenvalue weighted by atomic mass is 19.4. The Morgan fingerprint density at radius 1 is 1.17 bits per heavy atom. The number of nitrogens with one attached hydrogen (secondary N) is 3. The molecule has 3 aromatic rings. The summed E-state index contributed by atoms with van der Waals surface area (Å²) >= 11 is 0. The second-order valence-corrected chi connectivity index (χ2v) is 8.80. The molecule has 1 aliphatic rings. The molecule has 1 aliphatic heterocycles. The third kappa shape index (κ3) is 5.93. The Morgan fingerprint density at radius 3 is 2.61 bits per heavy atom. The number of carbonyl (C=O) groups excluding carboxylic acids is 1. The van der Waals surface area contributed by atoms with Crippen molar-refractivity contribution in [2.75, 3.05) is 47.9 Å². The summed E-state index contributed by atoms with van der Waals surface area (Å²) in [4.78, 5) is 27.9. The number of pyridine rings is 1. The average Bonchev–Trinajstić information content (AvgIpc) is 3.36. The Hall–Kier alpha value is -3.67.